The number of benzene rings is 1. The van der Waals surface area contributed by atoms with E-state index in [0.717, 1.165) is 0 Å². The van der Waals surface area contributed by atoms with Gasteiger partial charge in [-0.3, -0.25) is 0 Å². The molecule has 119 valence electrons. The zero-order valence-electron chi connectivity index (χ0n) is 10.3. The summed E-state index contributed by atoms with van der Waals surface area (Å²) < 4.78 is 105. The average molecular weight is 329 g/mol. The molecule has 1 nitrogen and oxygen atoms in total. The molecule has 0 aliphatic heterocycles. The number of hydrogen-bond donors (Lipinski definition) is 1. The van der Waals surface area contributed by atoms with Gasteiger partial charge in [0.2, 0.25) is 0 Å². The third kappa shape index (κ3) is 2.55. The Morgan fingerprint density at radius 1 is 0.864 bits per heavy atom. The van der Waals surface area contributed by atoms with Gasteiger partial charge in [-0.1, -0.05) is 6.07 Å². The second-order valence-corrected chi connectivity index (χ2v) is 4.33. The summed E-state index contributed by atoms with van der Waals surface area (Å²) >= 11 is 0. The highest BCUT2D eigenvalue weighted by molar-refractivity contribution is 5.48. The highest BCUT2D eigenvalue weighted by atomic mass is 19.4. The molecule has 22 heavy (non-hydrogen) atoms. The molecule has 0 saturated carbocycles. The SMILES string of the molecule is OC1=C(F)C(F)=C(C(F)(F)F)C(c2ccc(F)c(F)c2F)[CH]1. The Morgan fingerprint density at radius 2 is 1.45 bits per heavy atom. The Hall–Kier alpha value is -2.06. The highest BCUT2D eigenvalue weighted by Gasteiger charge is 2.47. The topological polar surface area (TPSA) is 20.2 Å². The summed E-state index contributed by atoms with van der Waals surface area (Å²) in [5, 5.41) is 9.10. The molecule has 0 amide bonds. The van der Waals surface area contributed by atoms with E-state index in [1.807, 2.05) is 0 Å². The van der Waals surface area contributed by atoms with Crippen LogP contribution in [0.15, 0.2) is 35.1 Å². The average Bonchev–Trinajstić information content (AvgIpc) is 2.40. The van der Waals surface area contributed by atoms with Gasteiger partial charge < -0.3 is 5.11 Å². The molecule has 2 rings (SSSR count). The maximum Gasteiger partial charge on any atom is 0.416 e. The second kappa shape index (κ2) is 5.29. The van der Waals surface area contributed by atoms with Gasteiger partial charge in [-0.15, -0.1) is 0 Å². The molecule has 1 N–H and O–H groups in total. The van der Waals surface area contributed by atoms with E-state index in [1.54, 1.807) is 0 Å². The van der Waals surface area contributed by atoms with Crippen LogP contribution in [-0.2, 0) is 0 Å². The van der Waals surface area contributed by atoms with Crippen molar-refractivity contribution in [2.75, 3.05) is 0 Å². The summed E-state index contributed by atoms with van der Waals surface area (Å²) in [6.07, 6.45) is -5.27. The summed E-state index contributed by atoms with van der Waals surface area (Å²) in [7, 11) is 0. The van der Waals surface area contributed by atoms with E-state index in [9.17, 15) is 35.1 Å². The fourth-order valence-electron chi connectivity index (χ4n) is 2.01. The van der Waals surface area contributed by atoms with Gasteiger partial charge in [-0.2, -0.15) is 13.2 Å². The molecule has 1 aliphatic rings. The first kappa shape index (κ1) is 16.3. The summed E-state index contributed by atoms with van der Waals surface area (Å²) in [6.45, 7) is 0. The molecule has 0 spiro atoms. The summed E-state index contributed by atoms with van der Waals surface area (Å²) in [6, 6.07) is 0.781. The summed E-state index contributed by atoms with van der Waals surface area (Å²) in [4.78, 5) is 0. The predicted molar refractivity (Wildman–Crippen MR) is 58.3 cm³/mol. The van der Waals surface area contributed by atoms with Crippen LogP contribution in [0.2, 0.25) is 0 Å². The van der Waals surface area contributed by atoms with Crippen molar-refractivity contribution >= 4 is 0 Å². The number of alkyl halides is 3. The largest absolute Gasteiger partial charge is 0.509 e. The molecule has 0 bridgehead atoms. The minimum absolute atomic E-state index is 0.164. The molecule has 9 heteroatoms. The molecular weight excluding hydrogens is 324 g/mol. The maximum absolute atomic E-state index is 13.6. The molecular formula is C13H5F8O. The molecule has 0 heterocycles. The highest BCUT2D eigenvalue weighted by Crippen LogP contribution is 2.48. The smallest absolute Gasteiger partial charge is 0.416 e. The van der Waals surface area contributed by atoms with Gasteiger partial charge in [0.05, 0.1) is 5.57 Å². The zero-order chi connectivity index (χ0) is 16.8. The van der Waals surface area contributed by atoms with Crippen molar-refractivity contribution < 1.29 is 40.2 Å². The molecule has 1 aromatic carbocycles. The normalized spacial score (nSPS) is 19.9. The van der Waals surface area contributed by atoms with E-state index in [0.29, 0.717) is 12.1 Å². The number of halogens is 8. The van der Waals surface area contributed by atoms with Gasteiger partial charge >= 0.3 is 6.18 Å². The van der Waals surface area contributed by atoms with Crippen LogP contribution in [0.1, 0.15) is 11.5 Å². The van der Waals surface area contributed by atoms with Crippen molar-refractivity contribution in [2.45, 2.75) is 12.1 Å². The zero-order valence-corrected chi connectivity index (χ0v) is 10.3. The fourth-order valence-corrected chi connectivity index (χ4v) is 2.01. The number of aliphatic hydroxyl groups is 1. The van der Waals surface area contributed by atoms with Crippen LogP contribution in [0.3, 0.4) is 0 Å². The van der Waals surface area contributed by atoms with Gasteiger partial charge in [0.15, 0.2) is 29.1 Å². The van der Waals surface area contributed by atoms with Crippen molar-refractivity contribution in [3.05, 3.63) is 64.6 Å². The lowest BCUT2D eigenvalue weighted by molar-refractivity contribution is -0.0975. The molecule has 1 radical (unpaired) electrons. The molecule has 1 aromatic rings. The van der Waals surface area contributed by atoms with Crippen LogP contribution >= 0.6 is 0 Å². The minimum atomic E-state index is -5.43. The molecule has 1 unspecified atom stereocenters. The molecule has 1 atom stereocenters. The molecule has 0 saturated heterocycles. The fraction of sp³-hybridized carbons (Fsp3) is 0.154. The Kier molecular flexibility index (Phi) is 3.92. The minimum Gasteiger partial charge on any atom is -0.509 e. The van der Waals surface area contributed by atoms with Crippen LogP contribution in [0.5, 0.6) is 0 Å². The Balaban J connectivity index is 2.68. The lowest BCUT2D eigenvalue weighted by Gasteiger charge is -2.26. The van der Waals surface area contributed by atoms with Crippen LogP contribution in [0.4, 0.5) is 35.1 Å². The van der Waals surface area contributed by atoms with Gasteiger partial charge in [0.1, 0.15) is 5.76 Å². The van der Waals surface area contributed by atoms with E-state index >= 15 is 0 Å². The third-order valence-electron chi connectivity index (χ3n) is 3.00. The molecule has 1 aliphatic carbocycles. The van der Waals surface area contributed by atoms with Crippen molar-refractivity contribution in [2.24, 2.45) is 0 Å². The third-order valence-corrected chi connectivity index (χ3v) is 3.00. The predicted octanol–water partition coefficient (Wildman–Crippen LogP) is 4.93. The van der Waals surface area contributed by atoms with Crippen molar-refractivity contribution in [3.8, 4) is 0 Å². The van der Waals surface area contributed by atoms with E-state index in [4.69, 9.17) is 5.11 Å². The van der Waals surface area contributed by atoms with Crippen molar-refractivity contribution in [3.63, 3.8) is 0 Å². The molecule has 0 fully saturated rings. The van der Waals surface area contributed by atoms with Gasteiger partial charge in [0.25, 0.3) is 0 Å². The Morgan fingerprint density at radius 3 is 2.00 bits per heavy atom. The first-order valence-corrected chi connectivity index (χ1v) is 5.60. The Labute approximate surface area is 118 Å². The van der Waals surface area contributed by atoms with Crippen LogP contribution in [0.25, 0.3) is 0 Å². The molecule has 0 aromatic heterocycles. The second-order valence-electron chi connectivity index (χ2n) is 4.33. The van der Waals surface area contributed by atoms with Gasteiger partial charge in [-0.05, 0) is 11.6 Å². The number of hydrogen-bond acceptors (Lipinski definition) is 1. The first-order valence-electron chi connectivity index (χ1n) is 5.60. The van der Waals surface area contributed by atoms with E-state index in [-0.39, 0.29) is 6.42 Å². The van der Waals surface area contributed by atoms with Gasteiger partial charge in [-0.25, -0.2) is 22.0 Å². The number of allylic oxidation sites excluding steroid dienone is 4. The lowest BCUT2D eigenvalue weighted by Crippen LogP contribution is -2.25. The number of rotatable bonds is 1. The monoisotopic (exact) mass is 329 g/mol. The van der Waals surface area contributed by atoms with Crippen LogP contribution in [-0.4, -0.2) is 11.3 Å². The Bertz CT molecular complexity index is 686. The van der Waals surface area contributed by atoms with Gasteiger partial charge in [0, 0.05) is 12.3 Å². The van der Waals surface area contributed by atoms with E-state index < -0.39 is 58.1 Å². The summed E-state index contributed by atoms with van der Waals surface area (Å²) in [5.74, 6) is -14.2. The van der Waals surface area contributed by atoms with Crippen molar-refractivity contribution in [1.29, 1.82) is 0 Å². The van der Waals surface area contributed by atoms with Crippen molar-refractivity contribution in [1.82, 2.24) is 0 Å². The quantitative estimate of drug-likeness (QED) is 0.572. The van der Waals surface area contributed by atoms with Crippen LogP contribution < -0.4 is 0 Å². The summed E-state index contributed by atoms with van der Waals surface area (Å²) in [5.41, 5.74) is -3.26. The van der Waals surface area contributed by atoms with E-state index in [2.05, 4.69) is 0 Å². The lowest BCUT2D eigenvalue weighted by atomic mass is 9.83. The maximum atomic E-state index is 13.6. The first-order chi connectivity index (χ1) is 10.1. The van der Waals surface area contributed by atoms with E-state index in [1.165, 1.54) is 0 Å². The van der Waals surface area contributed by atoms with Crippen LogP contribution in [0, 0.1) is 23.9 Å². The standard InChI is InChI=1S/C13H5F8O/c14-6-2-1-4(9(15)10(6)16)5-3-7(22)11(17)12(18)8(5)13(19,20)21/h1-3,5,22H. The number of aliphatic hydroxyl groups excluding tert-OH is 1.